The molecule has 1 heterocycles. The summed E-state index contributed by atoms with van der Waals surface area (Å²) in [6.45, 7) is 12.6. The number of benzene rings is 3. The second-order valence-electron chi connectivity index (χ2n) is 10.2. The van der Waals surface area contributed by atoms with E-state index in [4.69, 9.17) is 4.74 Å². The van der Waals surface area contributed by atoms with Crippen LogP contribution >= 0.6 is 0 Å². The summed E-state index contributed by atoms with van der Waals surface area (Å²) >= 11 is 0. The number of nitrogens with one attached hydrogen (secondary N) is 1. The summed E-state index contributed by atoms with van der Waals surface area (Å²) in [5.74, 6) is 0.847. The summed E-state index contributed by atoms with van der Waals surface area (Å²) in [6, 6.07) is 21.6. The van der Waals surface area contributed by atoms with Crippen molar-refractivity contribution in [1.29, 1.82) is 0 Å². The minimum atomic E-state index is -2.66. The van der Waals surface area contributed by atoms with Crippen molar-refractivity contribution in [3.05, 3.63) is 100 Å². The topological polar surface area (TPSA) is 77.4 Å². The van der Waals surface area contributed by atoms with Crippen molar-refractivity contribution >= 4 is 27.5 Å². The van der Waals surface area contributed by atoms with E-state index < -0.39 is 16.1 Å². The molecule has 0 saturated carbocycles. The average Bonchev–Trinajstić information content (AvgIpc) is 3.13. The van der Waals surface area contributed by atoms with Gasteiger partial charge in [0.1, 0.15) is 5.75 Å². The Morgan fingerprint density at radius 1 is 0.921 bits per heavy atom. The van der Waals surface area contributed by atoms with E-state index in [9.17, 15) is 13.2 Å². The van der Waals surface area contributed by atoms with E-state index in [1.54, 1.807) is 6.07 Å². The van der Waals surface area contributed by atoms with Gasteiger partial charge < -0.3 is 14.6 Å². The number of aryl methyl sites for hydroxylation is 1. The molecule has 3 aromatic carbocycles. The van der Waals surface area contributed by atoms with Crippen molar-refractivity contribution in [2.45, 2.75) is 65.5 Å². The molecule has 1 aromatic heterocycles. The number of nitrogens with zero attached hydrogens (tertiary/aromatic N) is 1. The summed E-state index contributed by atoms with van der Waals surface area (Å²) < 4.78 is 30.2. The van der Waals surface area contributed by atoms with Crippen molar-refractivity contribution in [3.63, 3.8) is 0 Å². The Morgan fingerprint density at radius 2 is 1.63 bits per heavy atom. The number of carbonyl (C=O) groups is 1. The minimum Gasteiger partial charge on any atom is -0.475 e. The van der Waals surface area contributed by atoms with E-state index in [0.29, 0.717) is 23.8 Å². The number of rotatable bonds is 9. The summed E-state index contributed by atoms with van der Waals surface area (Å²) in [6.07, 6.45) is 0. The molecule has 2 atom stereocenters. The van der Waals surface area contributed by atoms with Crippen LogP contribution in [-0.2, 0) is 17.2 Å². The van der Waals surface area contributed by atoms with E-state index in [2.05, 4.69) is 55.8 Å². The quantitative estimate of drug-likeness (QED) is 0.250. The van der Waals surface area contributed by atoms with Crippen LogP contribution in [0, 0.1) is 13.8 Å². The minimum absolute atomic E-state index is 0.102. The molecule has 0 aliphatic carbocycles. The van der Waals surface area contributed by atoms with Crippen molar-refractivity contribution in [2.75, 3.05) is 0 Å². The second kappa shape index (κ2) is 11.4. The average molecular weight is 533 g/mol. The third-order valence-electron chi connectivity index (χ3n) is 7.17. The molecule has 0 saturated heterocycles. The highest BCUT2D eigenvalue weighted by molar-refractivity contribution is 7.72. The van der Waals surface area contributed by atoms with Crippen molar-refractivity contribution < 1.29 is 17.9 Å². The first-order valence-electron chi connectivity index (χ1n) is 12.9. The van der Waals surface area contributed by atoms with Gasteiger partial charge in [-0.05, 0) is 86.2 Å². The van der Waals surface area contributed by atoms with Crippen LogP contribution in [0.4, 0.5) is 0 Å². The van der Waals surface area contributed by atoms with Crippen LogP contribution in [0.5, 0.6) is 5.75 Å². The number of hydrogen-bond donors (Lipinski definition) is 2. The van der Waals surface area contributed by atoms with E-state index >= 15 is 0 Å². The van der Waals surface area contributed by atoms with E-state index in [-0.39, 0.29) is 11.9 Å². The maximum atomic E-state index is 13.2. The predicted octanol–water partition coefficient (Wildman–Crippen LogP) is 6.26. The molecule has 0 spiro atoms. The lowest BCUT2D eigenvalue weighted by atomic mass is 9.98. The van der Waals surface area contributed by atoms with Gasteiger partial charge in [-0.25, -0.2) is 8.42 Å². The Hall–Kier alpha value is -3.58. The SMILES string of the molecule is Cc1c(C)n(Cc2cccc(O[C@@H](C)[SH](=O)=O)c2)c2ccc(C(=O)N[C@@H](C)c3cccc(C(C)C)c3)cc12. The number of amides is 1. The van der Waals surface area contributed by atoms with Crippen LogP contribution in [0.25, 0.3) is 10.9 Å². The fourth-order valence-electron chi connectivity index (χ4n) is 4.69. The maximum Gasteiger partial charge on any atom is 0.251 e. The Kier molecular flexibility index (Phi) is 8.26. The first-order chi connectivity index (χ1) is 18.0. The number of fused-ring (bicyclic) bond motifs is 1. The van der Waals surface area contributed by atoms with Gasteiger partial charge in [0.05, 0.1) is 6.04 Å². The lowest BCUT2D eigenvalue weighted by Gasteiger charge is -2.16. The van der Waals surface area contributed by atoms with Crippen LogP contribution in [0.15, 0.2) is 66.7 Å². The first-order valence-corrected chi connectivity index (χ1v) is 14.2. The highest BCUT2D eigenvalue weighted by Gasteiger charge is 2.17. The zero-order chi connectivity index (χ0) is 27.6. The third-order valence-corrected chi connectivity index (χ3v) is 7.87. The molecule has 6 nitrogen and oxygen atoms in total. The second-order valence-corrected chi connectivity index (χ2v) is 11.5. The standard InChI is InChI=1S/C31H36N2O4S/c1-19(2)25-10-8-11-26(16-25)21(4)32-31(34)27-13-14-30-29(17-27)20(3)22(5)33(30)18-24-9-7-12-28(15-24)37-23(6)38(35)36/h7-17,19,21,23,38H,18H2,1-6H3,(H,32,34)/t21-,23+/m0/s1. The molecule has 1 amide bonds. The van der Waals surface area contributed by atoms with Crippen LogP contribution in [0.3, 0.4) is 0 Å². The van der Waals surface area contributed by atoms with Gasteiger partial charge >= 0.3 is 0 Å². The normalized spacial score (nSPS) is 13.2. The molecule has 4 aromatic rings. The zero-order valence-electron chi connectivity index (χ0n) is 22.8. The molecular formula is C31H36N2O4S. The van der Waals surface area contributed by atoms with Gasteiger partial charge in [0, 0.05) is 28.7 Å². The summed E-state index contributed by atoms with van der Waals surface area (Å²) in [4.78, 5) is 13.2. The van der Waals surface area contributed by atoms with Crippen LogP contribution in [-0.4, -0.2) is 24.3 Å². The monoisotopic (exact) mass is 532 g/mol. The molecule has 1 N–H and O–H groups in total. The molecule has 4 rings (SSSR count). The van der Waals surface area contributed by atoms with Gasteiger partial charge in [-0.2, -0.15) is 0 Å². The lowest BCUT2D eigenvalue weighted by molar-refractivity contribution is 0.0940. The van der Waals surface area contributed by atoms with E-state index in [1.807, 2.05) is 49.4 Å². The van der Waals surface area contributed by atoms with Crippen molar-refractivity contribution in [3.8, 4) is 5.75 Å². The molecule has 0 unspecified atom stereocenters. The summed E-state index contributed by atoms with van der Waals surface area (Å²) in [7, 11) is -2.66. The van der Waals surface area contributed by atoms with E-state index in [1.165, 1.54) is 12.5 Å². The molecule has 200 valence electrons. The molecule has 0 bridgehead atoms. The number of carbonyl (C=O) groups excluding carboxylic acids is 1. The molecule has 0 aliphatic rings. The summed E-state index contributed by atoms with van der Waals surface area (Å²) in [5.41, 5.74) is 6.35. The molecule has 0 aliphatic heterocycles. The molecule has 7 heteroatoms. The molecule has 0 radical (unpaired) electrons. The lowest BCUT2D eigenvalue weighted by Crippen LogP contribution is -2.26. The molecular weight excluding hydrogens is 496 g/mol. The number of aromatic nitrogens is 1. The Balaban J connectivity index is 1.56. The predicted molar refractivity (Wildman–Crippen MR) is 154 cm³/mol. The number of hydrogen-bond acceptors (Lipinski definition) is 4. The Bertz CT molecular complexity index is 1540. The van der Waals surface area contributed by atoms with Gasteiger partial charge in [-0.15, -0.1) is 0 Å². The fourth-order valence-corrected chi connectivity index (χ4v) is 4.89. The van der Waals surface area contributed by atoms with Crippen LogP contribution < -0.4 is 10.1 Å². The van der Waals surface area contributed by atoms with E-state index in [0.717, 1.165) is 33.3 Å². The maximum absolute atomic E-state index is 13.2. The van der Waals surface area contributed by atoms with Gasteiger partial charge in [0.2, 0.25) is 0 Å². The fraction of sp³-hybridized carbons (Fsp3) is 0.323. The first kappa shape index (κ1) is 27.5. The van der Waals surface area contributed by atoms with Crippen molar-refractivity contribution in [1.82, 2.24) is 9.88 Å². The highest BCUT2D eigenvalue weighted by Crippen LogP contribution is 2.28. The largest absolute Gasteiger partial charge is 0.475 e. The van der Waals surface area contributed by atoms with Crippen LogP contribution in [0.2, 0.25) is 0 Å². The summed E-state index contributed by atoms with van der Waals surface area (Å²) in [5, 5.41) is 4.19. The Labute approximate surface area is 226 Å². The molecule has 38 heavy (non-hydrogen) atoms. The smallest absolute Gasteiger partial charge is 0.251 e. The Morgan fingerprint density at radius 3 is 2.34 bits per heavy atom. The number of thiol groups is 1. The van der Waals surface area contributed by atoms with Gasteiger partial charge in [-0.1, -0.05) is 50.2 Å². The number of ether oxygens (including phenoxy) is 1. The van der Waals surface area contributed by atoms with Crippen LogP contribution in [0.1, 0.15) is 78.0 Å². The highest BCUT2D eigenvalue weighted by atomic mass is 32.2. The van der Waals surface area contributed by atoms with Gasteiger partial charge in [0.15, 0.2) is 16.1 Å². The molecule has 0 fully saturated rings. The van der Waals surface area contributed by atoms with Gasteiger partial charge in [-0.3, -0.25) is 4.79 Å². The van der Waals surface area contributed by atoms with Gasteiger partial charge in [0.25, 0.3) is 5.91 Å². The third kappa shape index (κ3) is 5.94. The van der Waals surface area contributed by atoms with Crippen molar-refractivity contribution in [2.24, 2.45) is 0 Å². The zero-order valence-corrected chi connectivity index (χ0v) is 23.7.